The third kappa shape index (κ3) is 4.95. The number of piperidine rings is 1. The van der Waals surface area contributed by atoms with Crippen molar-refractivity contribution in [2.45, 2.75) is 38.8 Å². The third-order valence-corrected chi connectivity index (χ3v) is 4.09. The Bertz CT molecular complexity index is 456. The minimum absolute atomic E-state index is 0.0685. The van der Waals surface area contributed by atoms with Gasteiger partial charge in [-0.15, -0.1) is 0 Å². The standard InChI is InChI=1S/C18H28N2O/c1-14(2)8-9-16(15-6-4-3-5-7-15)12-20-11-10-17(19)18(21)13-20/h3-7,9,14,17-18,21H,8,10-13,19H2,1-2H3/t17-,18-/m1/s1. The predicted molar refractivity (Wildman–Crippen MR) is 88.9 cm³/mol. The Morgan fingerprint density at radius 3 is 2.71 bits per heavy atom. The lowest BCUT2D eigenvalue weighted by Gasteiger charge is -2.34. The summed E-state index contributed by atoms with van der Waals surface area (Å²) in [5.41, 5.74) is 8.52. The number of nitrogens with zero attached hydrogens (tertiary/aromatic N) is 1. The van der Waals surface area contributed by atoms with Gasteiger partial charge in [-0.05, 0) is 29.9 Å². The summed E-state index contributed by atoms with van der Waals surface area (Å²) in [6.45, 7) is 7.00. The molecular weight excluding hydrogens is 260 g/mol. The van der Waals surface area contributed by atoms with E-state index in [0.717, 1.165) is 25.9 Å². The Hall–Kier alpha value is -1.16. The summed E-state index contributed by atoms with van der Waals surface area (Å²) in [6.07, 6.45) is 3.90. The molecule has 1 aromatic rings. The fraction of sp³-hybridized carbons (Fsp3) is 0.556. The van der Waals surface area contributed by atoms with Crippen LogP contribution < -0.4 is 5.73 Å². The minimum atomic E-state index is -0.402. The Kier molecular flexibility index (Phi) is 5.97. The Labute approximate surface area is 128 Å². The lowest BCUT2D eigenvalue weighted by atomic mass is 9.98. The molecule has 3 heteroatoms. The molecule has 2 atom stereocenters. The number of nitrogens with two attached hydrogens (primary N) is 1. The van der Waals surface area contributed by atoms with Crippen molar-refractivity contribution in [3.63, 3.8) is 0 Å². The fourth-order valence-corrected chi connectivity index (χ4v) is 2.70. The average molecular weight is 288 g/mol. The molecule has 1 aliphatic heterocycles. The summed E-state index contributed by atoms with van der Waals surface area (Å²) in [6, 6.07) is 10.5. The lowest BCUT2D eigenvalue weighted by molar-refractivity contribution is 0.0602. The Morgan fingerprint density at radius 1 is 1.38 bits per heavy atom. The van der Waals surface area contributed by atoms with Gasteiger partial charge in [-0.2, -0.15) is 0 Å². The van der Waals surface area contributed by atoms with Crippen LogP contribution in [0.2, 0.25) is 0 Å². The highest BCUT2D eigenvalue weighted by atomic mass is 16.3. The van der Waals surface area contributed by atoms with Gasteiger partial charge in [0.1, 0.15) is 0 Å². The first kappa shape index (κ1) is 16.2. The second kappa shape index (κ2) is 7.74. The molecule has 0 aliphatic carbocycles. The highest BCUT2D eigenvalue weighted by Gasteiger charge is 2.25. The van der Waals surface area contributed by atoms with Gasteiger partial charge in [0.2, 0.25) is 0 Å². The largest absolute Gasteiger partial charge is 0.390 e. The average Bonchev–Trinajstić information content (AvgIpc) is 2.48. The highest BCUT2D eigenvalue weighted by molar-refractivity contribution is 5.66. The van der Waals surface area contributed by atoms with E-state index in [4.69, 9.17) is 5.73 Å². The number of allylic oxidation sites excluding steroid dienone is 1. The number of likely N-dealkylation sites (tertiary alicyclic amines) is 1. The number of aliphatic hydroxyl groups excluding tert-OH is 1. The third-order valence-electron chi connectivity index (χ3n) is 4.09. The zero-order chi connectivity index (χ0) is 15.2. The normalized spacial score (nSPS) is 24.5. The van der Waals surface area contributed by atoms with Gasteiger partial charge in [-0.3, -0.25) is 4.90 Å². The molecule has 0 radical (unpaired) electrons. The van der Waals surface area contributed by atoms with Crippen molar-refractivity contribution in [1.82, 2.24) is 4.90 Å². The lowest BCUT2D eigenvalue weighted by Crippen LogP contribution is -2.50. The van der Waals surface area contributed by atoms with Crippen molar-refractivity contribution in [2.24, 2.45) is 11.7 Å². The molecule has 1 aliphatic rings. The smallest absolute Gasteiger partial charge is 0.0818 e. The SMILES string of the molecule is CC(C)CC=C(CN1CC[C@@H](N)[C@H](O)C1)c1ccccc1. The van der Waals surface area contributed by atoms with E-state index in [-0.39, 0.29) is 6.04 Å². The minimum Gasteiger partial charge on any atom is -0.390 e. The van der Waals surface area contributed by atoms with Gasteiger partial charge in [0.25, 0.3) is 0 Å². The molecular formula is C18H28N2O. The van der Waals surface area contributed by atoms with Crippen LogP contribution in [0.5, 0.6) is 0 Å². The van der Waals surface area contributed by atoms with Crippen molar-refractivity contribution in [3.8, 4) is 0 Å². The van der Waals surface area contributed by atoms with E-state index in [0.29, 0.717) is 12.5 Å². The summed E-state index contributed by atoms with van der Waals surface area (Å²) in [5.74, 6) is 0.657. The maximum atomic E-state index is 9.96. The monoisotopic (exact) mass is 288 g/mol. The molecule has 0 bridgehead atoms. The first-order chi connectivity index (χ1) is 10.1. The molecule has 2 rings (SSSR count). The fourth-order valence-electron chi connectivity index (χ4n) is 2.70. The molecule has 116 valence electrons. The van der Waals surface area contributed by atoms with Crippen LogP contribution in [0.15, 0.2) is 36.4 Å². The van der Waals surface area contributed by atoms with Gasteiger partial charge in [-0.1, -0.05) is 50.3 Å². The van der Waals surface area contributed by atoms with Crippen molar-refractivity contribution < 1.29 is 5.11 Å². The van der Waals surface area contributed by atoms with E-state index in [1.807, 2.05) is 6.07 Å². The van der Waals surface area contributed by atoms with Crippen LogP contribution in [0.4, 0.5) is 0 Å². The second-order valence-electron chi connectivity index (χ2n) is 6.48. The molecule has 0 unspecified atom stereocenters. The molecule has 0 saturated carbocycles. The zero-order valence-corrected chi connectivity index (χ0v) is 13.2. The summed E-state index contributed by atoms with van der Waals surface area (Å²) in [7, 11) is 0. The molecule has 1 heterocycles. The maximum absolute atomic E-state index is 9.96. The number of hydrogen-bond acceptors (Lipinski definition) is 3. The molecule has 0 aromatic heterocycles. The first-order valence-corrected chi connectivity index (χ1v) is 7.96. The maximum Gasteiger partial charge on any atom is 0.0818 e. The highest BCUT2D eigenvalue weighted by Crippen LogP contribution is 2.20. The quantitative estimate of drug-likeness (QED) is 0.875. The zero-order valence-electron chi connectivity index (χ0n) is 13.2. The molecule has 21 heavy (non-hydrogen) atoms. The summed E-state index contributed by atoms with van der Waals surface area (Å²) >= 11 is 0. The van der Waals surface area contributed by atoms with E-state index in [9.17, 15) is 5.11 Å². The van der Waals surface area contributed by atoms with E-state index >= 15 is 0 Å². The topological polar surface area (TPSA) is 49.5 Å². The van der Waals surface area contributed by atoms with Crippen molar-refractivity contribution in [2.75, 3.05) is 19.6 Å². The molecule has 1 fully saturated rings. The first-order valence-electron chi connectivity index (χ1n) is 7.96. The molecule has 0 amide bonds. The second-order valence-corrected chi connectivity index (χ2v) is 6.48. The molecule has 3 N–H and O–H groups in total. The van der Waals surface area contributed by atoms with Crippen LogP contribution in [0.25, 0.3) is 5.57 Å². The van der Waals surface area contributed by atoms with E-state index < -0.39 is 6.10 Å². The molecule has 0 spiro atoms. The number of benzene rings is 1. The van der Waals surface area contributed by atoms with Crippen LogP contribution in [0, 0.1) is 5.92 Å². The molecule has 1 aromatic carbocycles. The van der Waals surface area contributed by atoms with Gasteiger partial charge < -0.3 is 10.8 Å². The van der Waals surface area contributed by atoms with E-state index in [1.165, 1.54) is 11.1 Å². The van der Waals surface area contributed by atoms with Crippen molar-refractivity contribution in [3.05, 3.63) is 42.0 Å². The van der Waals surface area contributed by atoms with Crippen LogP contribution >= 0.6 is 0 Å². The van der Waals surface area contributed by atoms with Gasteiger partial charge in [0, 0.05) is 25.7 Å². The number of rotatable bonds is 5. The van der Waals surface area contributed by atoms with Gasteiger partial charge in [-0.25, -0.2) is 0 Å². The number of hydrogen-bond donors (Lipinski definition) is 2. The van der Waals surface area contributed by atoms with Gasteiger partial charge in [0.15, 0.2) is 0 Å². The van der Waals surface area contributed by atoms with Crippen LogP contribution in [-0.4, -0.2) is 41.8 Å². The van der Waals surface area contributed by atoms with Crippen LogP contribution in [0.1, 0.15) is 32.3 Å². The van der Waals surface area contributed by atoms with Crippen molar-refractivity contribution >= 4 is 5.57 Å². The predicted octanol–water partition coefficient (Wildman–Crippen LogP) is 2.51. The Balaban J connectivity index is 2.08. The van der Waals surface area contributed by atoms with Gasteiger partial charge >= 0.3 is 0 Å². The summed E-state index contributed by atoms with van der Waals surface area (Å²) in [4.78, 5) is 2.31. The molecule has 3 nitrogen and oxygen atoms in total. The van der Waals surface area contributed by atoms with Crippen LogP contribution in [-0.2, 0) is 0 Å². The summed E-state index contributed by atoms with van der Waals surface area (Å²) in [5, 5.41) is 9.96. The van der Waals surface area contributed by atoms with E-state index in [1.54, 1.807) is 0 Å². The number of β-amino-alcohol motifs (C(OH)–C–C–N with tert-alkyl or cyclic N) is 1. The van der Waals surface area contributed by atoms with Crippen molar-refractivity contribution in [1.29, 1.82) is 0 Å². The van der Waals surface area contributed by atoms with Gasteiger partial charge in [0.05, 0.1) is 6.10 Å². The number of aliphatic hydroxyl groups is 1. The summed E-state index contributed by atoms with van der Waals surface area (Å²) < 4.78 is 0. The Morgan fingerprint density at radius 2 is 2.10 bits per heavy atom. The van der Waals surface area contributed by atoms with Crippen LogP contribution in [0.3, 0.4) is 0 Å². The van der Waals surface area contributed by atoms with E-state index in [2.05, 4.69) is 49.1 Å². The molecule has 1 saturated heterocycles.